The Labute approximate surface area is 142 Å². The molecule has 1 aromatic carbocycles. The van der Waals surface area contributed by atoms with Crippen molar-refractivity contribution in [1.29, 1.82) is 0 Å². The fourth-order valence-electron chi connectivity index (χ4n) is 1.88. The zero-order chi connectivity index (χ0) is 17.7. The van der Waals surface area contributed by atoms with Crippen molar-refractivity contribution < 1.29 is 19.2 Å². The van der Waals surface area contributed by atoms with Gasteiger partial charge in [-0.3, -0.25) is 14.9 Å². The third-order valence-electron chi connectivity index (χ3n) is 3.26. The number of amides is 1. The van der Waals surface area contributed by atoms with Crippen LogP contribution in [-0.2, 0) is 16.0 Å². The first-order chi connectivity index (χ1) is 11.4. The fraction of sp³-hybridized carbons (Fsp3) is 0.250. The highest BCUT2D eigenvalue weighted by Gasteiger charge is 2.22. The molecule has 24 heavy (non-hydrogen) atoms. The summed E-state index contributed by atoms with van der Waals surface area (Å²) in [6.07, 6.45) is -0.126. The average Bonchev–Trinajstić information content (AvgIpc) is 3.06. The van der Waals surface area contributed by atoms with Gasteiger partial charge in [0.25, 0.3) is 5.91 Å². The Kier molecular flexibility index (Phi) is 5.64. The van der Waals surface area contributed by atoms with E-state index in [0.717, 1.165) is 12.0 Å². The van der Waals surface area contributed by atoms with Crippen LogP contribution >= 0.6 is 11.3 Å². The molecular weight excluding hydrogens is 332 g/mol. The molecule has 0 aliphatic carbocycles. The van der Waals surface area contributed by atoms with Crippen LogP contribution in [0.5, 0.6) is 0 Å². The highest BCUT2D eigenvalue weighted by molar-refractivity contribution is 7.17. The van der Waals surface area contributed by atoms with Crippen molar-refractivity contribution in [2.45, 2.75) is 26.4 Å². The van der Waals surface area contributed by atoms with Crippen LogP contribution in [0.3, 0.4) is 0 Å². The van der Waals surface area contributed by atoms with Crippen LogP contribution in [0.4, 0.5) is 10.7 Å². The van der Waals surface area contributed by atoms with Gasteiger partial charge in [0.1, 0.15) is 4.88 Å². The van der Waals surface area contributed by atoms with Gasteiger partial charge in [-0.05, 0) is 37.1 Å². The van der Waals surface area contributed by atoms with Crippen LogP contribution in [0.25, 0.3) is 0 Å². The van der Waals surface area contributed by atoms with Crippen LogP contribution < -0.4 is 5.32 Å². The number of ether oxygens (including phenoxy) is 1. The molecule has 2 rings (SSSR count). The number of nitrogens with zero attached hydrogens (tertiary/aromatic N) is 1. The Morgan fingerprint density at radius 2 is 1.92 bits per heavy atom. The summed E-state index contributed by atoms with van der Waals surface area (Å²) in [5.74, 6) is -1.24. The van der Waals surface area contributed by atoms with Crippen molar-refractivity contribution in [1.82, 2.24) is 0 Å². The Morgan fingerprint density at radius 1 is 1.25 bits per heavy atom. The second kappa shape index (κ2) is 7.69. The molecule has 1 N–H and O–H groups in total. The van der Waals surface area contributed by atoms with E-state index in [1.807, 2.05) is 19.1 Å². The minimum absolute atomic E-state index is 0.0775. The number of carbonyl (C=O) groups is 2. The smallest absolute Gasteiger partial charge is 0.349 e. The summed E-state index contributed by atoms with van der Waals surface area (Å²) >= 11 is 0.706. The molecule has 0 bridgehead atoms. The molecule has 0 aliphatic heterocycles. The van der Waals surface area contributed by atoms with Gasteiger partial charge >= 0.3 is 11.0 Å². The number of thiophene rings is 1. The molecule has 8 heteroatoms. The average molecular weight is 348 g/mol. The van der Waals surface area contributed by atoms with Gasteiger partial charge in [-0.1, -0.05) is 30.4 Å². The van der Waals surface area contributed by atoms with Crippen LogP contribution in [0, 0.1) is 10.1 Å². The number of nitro groups is 1. The van der Waals surface area contributed by atoms with Gasteiger partial charge in [-0.2, -0.15) is 0 Å². The summed E-state index contributed by atoms with van der Waals surface area (Å²) in [7, 11) is 0. The van der Waals surface area contributed by atoms with Crippen molar-refractivity contribution in [3.8, 4) is 0 Å². The zero-order valence-corrected chi connectivity index (χ0v) is 14.0. The summed E-state index contributed by atoms with van der Waals surface area (Å²) in [4.78, 5) is 34.1. The van der Waals surface area contributed by atoms with Gasteiger partial charge < -0.3 is 10.1 Å². The lowest BCUT2D eigenvalue weighted by Crippen LogP contribution is -2.29. The number of anilines is 1. The Morgan fingerprint density at radius 3 is 2.46 bits per heavy atom. The molecule has 0 radical (unpaired) electrons. The first-order valence-corrected chi connectivity index (χ1v) is 8.07. The number of benzene rings is 1. The topological polar surface area (TPSA) is 98.5 Å². The first-order valence-electron chi connectivity index (χ1n) is 7.25. The lowest BCUT2D eigenvalue weighted by atomic mass is 10.1. The Hall–Kier alpha value is -2.74. The monoisotopic (exact) mass is 348 g/mol. The number of hydrogen-bond acceptors (Lipinski definition) is 6. The second-order valence-corrected chi connectivity index (χ2v) is 6.04. The van der Waals surface area contributed by atoms with Gasteiger partial charge in [0.2, 0.25) is 0 Å². The zero-order valence-electron chi connectivity index (χ0n) is 13.1. The maximum atomic E-state index is 12.1. The van der Waals surface area contributed by atoms with Gasteiger partial charge in [0, 0.05) is 11.8 Å². The summed E-state index contributed by atoms with van der Waals surface area (Å²) in [6.45, 7) is 3.47. The summed E-state index contributed by atoms with van der Waals surface area (Å²) in [5, 5.41) is 13.1. The highest BCUT2D eigenvalue weighted by atomic mass is 32.1. The maximum absolute atomic E-state index is 12.1. The van der Waals surface area contributed by atoms with E-state index in [1.165, 1.54) is 19.1 Å². The van der Waals surface area contributed by atoms with E-state index >= 15 is 0 Å². The highest BCUT2D eigenvalue weighted by Crippen LogP contribution is 2.24. The lowest BCUT2D eigenvalue weighted by Gasteiger charge is -2.13. The molecule has 2 aromatic rings. The Bertz CT molecular complexity index is 754. The third-order valence-corrected chi connectivity index (χ3v) is 4.27. The largest absolute Gasteiger partial charge is 0.448 e. The minimum Gasteiger partial charge on any atom is -0.448 e. The van der Waals surface area contributed by atoms with Crippen LogP contribution in [0.15, 0.2) is 36.4 Å². The number of nitrogens with one attached hydrogen (secondary N) is 1. The van der Waals surface area contributed by atoms with Crippen LogP contribution in [0.1, 0.15) is 29.1 Å². The molecule has 0 saturated carbocycles. The standard InChI is InChI=1S/C16H16N2O5S/c1-3-11-4-6-12(7-5-11)17-15(19)10(2)23-16(20)13-8-9-14(24-13)18(21)22/h4-10H,3H2,1-2H3,(H,17,19)/t10-/m1/s1. The van der Waals surface area contributed by atoms with Gasteiger partial charge in [0.15, 0.2) is 6.10 Å². The molecule has 1 aromatic heterocycles. The predicted octanol–water partition coefficient (Wildman–Crippen LogP) is 3.40. The molecule has 126 valence electrons. The van der Waals surface area contributed by atoms with Gasteiger partial charge in [0.05, 0.1) is 4.92 Å². The van der Waals surface area contributed by atoms with Gasteiger partial charge in [-0.25, -0.2) is 4.79 Å². The third kappa shape index (κ3) is 4.39. The number of hydrogen-bond donors (Lipinski definition) is 1. The van der Waals surface area contributed by atoms with Crippen molar-refractivity contribution in [3.05, 3.63) is 57.0 Å². The minimum atomic E-state index is -1.02. The quantitative estimate of drug-likeness (QED) is 0.490. The van der Waals surface area contributed by atoms with Crippen LogP contribution in [0.2, 0.25) is 0 Å². The van der Waals surface area contributed by atoms with Crippen molar-refractivity contribution in [2.24, 2.45) is 0 Å². The first kappa shape index (κ1) is 17.6. The molecule has 0 fully saturated rings. The van der Waals surface area contributed by atoms with E-state index in [9.17, 15) is 19.7 Å². The van der Waals surface area contributed by atoms with Crippen molar-refractivity contribution >= 4 is 33.9 Å². The lowest BCUT2D eigenvalue weighted by molar-refractivity contribution is -0.380. The molecule has 0 aliphatic rings. The summed E-state index contributed by atoms with van der Waals surface area (Å²) in [5.41, 5.74) is 1.75. The molecular formula is C16H16N2O5S. The molecule has 7 nitrogen and oxygen atoms in total. The maximum Gasteiger partial charge on any atom is 0.349 e. The number of esters is 1. The molecule has 1 amide bonds. The fourth-order valence-corrected chi connectivity index (χ4v) is 2.58. The van der Waals surface area contributed by atoms with E-state index in [1.54, 1.807) is 12.1 Å². The SMILES string of the molecule is CCc1ccc(NC(=O)[C@@H](C)OC(=O)c2ccc([N+](=O)[O-])s2)cc1. The van der Waals surface area contributed by atoms with Crippen LogP contribution in [-0.4, -0.2) is 22.9 Å². The molecule has 0 spiro atoms. The van der Waals surface area contributed by atoms with E-state index in [-0.39, 0.29) is 9.88 Å². The van der Waals surface area contributed by atoms with Crippen molar-refractivity contribution in [3.63, 3.8) is 0 Å². The summed E-state index contributed by atoms with van der Waals surface area (Å²) < 4.78 is 5.05. The molecule has 0 unspecified atom stereocenters. The molecule has 1 heterocycles. The van der Waals surface area contributed by atoms with E-state index in [4.69, 9.17) is 4.74 Å². The normalized spacial score (nSPS) is 11.6. The second-order valence-electron chi connectivity index (χ2n) is 4.98. The summed E-state index contributed by atoms with van der Waals surface area (Å²) in [6, 6.07) is 9.87. The number of carbonyl (C=O) groups excluding carboxylic acids is 2. The van der Waals surface area contributed by atoms with E-state index < -0.39 is 22.9 Å². The Balaban J connectivity index is 1.94. The number of aryl methyl sites for hydroxylation is 1. The predicted molar refractivity (Wildman–Crippen MR) is 90.3 cm³/mol. The van der Waals surface area contributed by atoms with E-state index in [0.29, 0.717) is 17.0 Å². The molecule has 0 saturated heterocycles. The van der Waals surface area contributed by atoms with Gasteiger partial charge in [-0.15, -0.1) is 0 Å². The number of rotatable bonds is 6. The van der Waals surface area contributed by atoms with Crippen molar-refractivity contribution in [2.75, 3.05) is 5.32 Å². The molecule has 1 atom stereocenters. The van der Waals surface area contributed by atoms with E-state index in [2.05, 4.69) is 5.32 Å².